The fourth-order valence-corrected chi connectivity index (χ4v) is 1.79. The number of hydrogen-bond donors (Lipinski definition) is 1. The first-order valence-corrected chi connectivity index (χ1v) is 4.80. The van der Waals surface area contributed by atoms with E-state index in [9.17, 15) is 8.78 Å². The highest BCUT2D eigenvalue weighted by Crippen LogP contribution is 2.34. The van der Waals surface area contributed by atoms with E-state index in [0.29, 0.717) is 24.9 Å². The first kappa shape index (κ1) is 8.42. The van der Waals surface area contributed by atoms with E-state index in [0.717, 1.165) is 0 Å². The lowest BCUT2D eigenvalue weighted by Gasteiger charge is -2.28. The van der Waals surface area contributed by atoms with Gasteiger partial charge in [0.2, 0.25) is 5.92 Å². The molecule has 0 bridgehead atoms. The molecule has 2 fully saturated rings. The normalized spacial score (nSPS) is 30.5. The van der Waals surface area contributed by atoms with Gasteiger partial charge in [-0.1, -0.05) is 0 Å². The first-order valence-electron chi connectivity index (χ1n) is 4.80. The predicted molar refractivity (Wildman–Crippen MR) is 43.4 cm³/mol. The molecule has 0 amide bonds. The molecule has 0 aliphatic heterocycles. The summed E-state index contributed by atoms with van der Waals surface area (Å²) in [4.78, 5) is 0. The van der Waals surface area contributed by atoms with Crippen molar-refractivity contribution in [3.05, 3.63) is 0 Å². The Labute approximate surface area is 71.5 Å². The van der Waals surface area contributed by atoms with E-state index in [1.165, 1.54) is 12.8 Å². The monoisotopic (exact) mass is 175 g/mol. The van der Waals surface area contributed by atoms with Crippen LogP contribution >= 0.6 is 0 Å². The van der Waals surface area contributed by atoms with Crippen molar-refractivity contribution in [3.63, 3.8) is 0 Å². The summed E-state index contributed by atoms with van der Waals surface area (Å²) in [5.41, 5.74) is 0. The molecule has 0 aromatic carbocycles. The summed E-state index contributed by atoms with van der Waals surface area (Å²) >= 11 is 0. The predicted octanol–water partition coefficient (Wildman–Crippen LogP) is 2.32. The zero-order chi connectivity index (χ0) is 8.60. The average Bonchev–Trinajstić information content (AvgIpc) is 2.77. The Balaban J connectivity index is 1.73. The van der Waals surface area contributed by atoms with Crippen molar-refractivity contribution < 1.29 is 8.78 Å². The van der Waals surface area contributed by atoms with E-state index in [4.69, 9.17) is 0 Å². The topological polar surface area (TPSA) is 12.0 Å². The molecule has 2 aliphatic rings. The molecule has 70 valence electrons. The number of halogens is 2. The van der Waals surface area contributed by atoms with Crippen molar-refractivity contribution in [1.82, 2.24) is 5.32 Å². The summed E-state index contributed by atoms with van der Waals surface area (Å²) in [6.45, 7) is 0. The molecule has 2 saturated carbocycles. The van der Waals surface area contributed by atoms with Crippen LogP contribution in [-0.2, 0) is 0 Å². The third kappa shape index (κ3) is 2.16. The van der Waals surface area contributed by atoms with Gasteiger partial charge in [-0.15, -0.1) is 0 Å². The third-order valence-electron chi connectivity index (χ3n) is 2.77. The molecular weight excluding hydrogens is 160 g/mol. The molecule has 0 unspecified atom stereocenters. The minimum atomic E-state index is -2.37. The van der Waals surface area contributed by atoms with E-state index >= 15 is 0 Å². The molecule has 0 aromatic heterocycles. The van der Waals surface area contributed by atoms with Crippen LogP contribution in [-0.4, -0.2) is 18.0 Å². The lowest BCUT2D eigenvalue weighted by Crippen LogP contribution is -2.38. The van der Waals surface area contributed by atoms with Gasteiger partial charge in [0, 0.05) is 24.9 Å². The quantitative estimate of drug-likeness (QED) is 0.679. The largest absolute Gasteiger partial charge is 0.311 e. The Hall–Kier alpha value is -0.180. The van der Waals surface area contributed by atoms with Crippen LogP contribution in [0.15, 0.2) is 0 Å². The first-order chi connectivity index (χ1) is 5.66. The van der Waals surface area contributed by atoms with E-state index in [1.54, 1.807) is 0 Å². The molecule has 0 heterocycles. The summed E-state index contributed by atoms with van der Waals surface area (Å²) in [5.74, 6) is -2.37. The molecule has 0 spiro atoms. The number of hydrogen-bond acceptors (Lipinski definition) is 1. The number of rotatable bonds is 2. The Morgan fingerprint density at radius 3 is 1.92 bits per heavy atom. The molecule has 12 heavy (non-hydrogen) atoms. The molecular formula is C9H15F2N. The van der Waals surface area contributed by atoms with Gasteiger partial charge in [0.05, 0.1) is 0 Å². The van der Waals surface area contributed by atoms with Crippen LogP contribution in [0, 0.1) is 0 Å². The Morgan fingerprint density at radius 2 is 1.42 bits per heavy atom. The van der Waals surface area contributed by atoms with Crippen molar-refractivity contribution in [1.29, 1.82) is 0 Å². The van der Waals surface area contributed by atoms with Crippen LogP contribution in [0.5, 0.6) is 0 Å². The maximum Gasteiger partial charge on any atom is 0.248 e. The fourth-order valence-electron chi connectivity index (χ4n) is 1.79. The van der Waals surface area contributed by atoms with E-state index in [2.05, 4.69) is 5.32 Å². The third-order valence-corrected chi connectivity index (χ3v) is 2.77. The standard InChI is InChI=1S/C9H15F2N/c10-9(11)5-3-8(4-6-9)12-7-1-2-7/h7-8,12H,1-6H2. The second kappa shape index (κ2) is 2.95. The van der Waals surface area contributed by atoms with Crippen molar-refractivity contribution in [2.75, 3.05) is 0 Å². The molecule has 3 heteroatoms. The van der Waals surface area contributed by atoms with Gasteiger partial charge in [-0.05, 0) is 25.7 Å². The van der Waals surface area contributed by atoms with Crippen LogP contribution in [0.25, 0.3) is 0 Å². The molecule has 0 saturated heterocycles. The van der Waals surface area contributed by atoms with Gasteiger partial charge in [0.1, 0.15) is 0 Å². The SMILES string of the molecule is FC1(F)CCC(NC2CC2)CC1. The van der Waals surface area contributed by atoms with Crippen molar-refractivity contribution in [3.8, 4) is 0 Å². The molecule has 0 atom stereocenters. The molecule has 1 N–H and O–H groups in total. The van der Waals surface area contributed by atoms with Gasteiger partial charge in [-0.25, -0.2) is 8.78 Å². The maximum atomic E-state index is 12.7. The lowest BCUT2D eigenvalue weighted by atomic mass is 9.92. The molecule has 1 nitrogen and oxygen atoms in total. The average molecular weight is 175 g/mol. The highest BCUT2D eigenvalue weighted by Gasteiger charge is 2.36. The summed E-state index contributed by atoms with van der Waals surface area (Å²) in [5, 5.41) is 3.40. The molecule has 2 aliphatic carbocycles. The Kier molecular flexibility index (Phi) is 2.07. The van der Waals surface area contributed by atoms with Crippen LogP contribution < -0.4 is 5.32 Å². The van der Waals surface area contributed by atoms with Crippen LogP contribution in [0.3, 0.4) is 0 Å². The van der Waals surface area contributed by atoms with Gasteiger partial charge in [0.25, 0.3) is 0 Å². The highest BCUT2D eigenvalue weighted by atomic mass is 19.3. The molecule has 0 aromatic rings. The van der Waals surface area contributed by atoms with E-state index in [-0.39, 0.29) is 12.8 Å². The van der Waals surface area contributed by atoms with Gasteiger partial charge in [0.15, 0.2) is 0 Å². The second-order valence-electron chi connectivity index (χ2n) is 4.07. The second-order valence-corrected chi connectivity index (χ2v) is 4.07. The number of nitrogens with one attached hydrogen (secondary N) is 1. The lowest BCUT2D eigenvalue weighted by molar-refractivity contribution is -0.0405. The minimum Gasteiger partial charge on any atom is -0.311 e. The summed E-state index contributed by atoms with van der Waals surface area (Å²) in [6, 6.07) is 1.03. The Bertz CT molecular complexity index is 156. The van der Waals surface area contributed by atoms with Gasteiger partial charge < -0.3 is 5.32 Å². The minimum absolute atomic E-state index is 0.0807. The molecule has 2 rings (SSSR count). The molecule has 0 radical (unpaired) electrons. The van der Waals surface area contributed by atoms with Crippen LogP contribution in [0.4, 0.5) is 8.78 Å². The van der Waals surface area contributed by atoms with Crippen molar-refractivity contribution in [2.45, 2.75) is 56.5 Å². The van der Waals surface area contributed by atoms with Crippen molar-refractivity contribution in [2.24, 2.45) is 0 Å². The van der Waals surface area contributed by atoms with Crippen LogP contribution in [0.2, 0.25) is 0 Å². The van der Waals surface area contributed by atoms with Gasteiger partial charge in [-0.2, -0.15) is 0 Å². The number of alkyl halides is 2. The summed E-state index contributed by atoms with van der Waals surface area (Å²) in [6.07, 6.45) is 3.96. The zero-order valence-electron chi connectivity index (χ0n) is 7.15. The Morgan fingerprint density at radius 1 is 0.917 bits per heavy atom. The summed E-state index contributed by atoms with van der Waals surface area (Å²) < 4.78 is 25.4. The van der Waals surface area contributed by atoms with E-state index in [1.807, 2.05) is 0 Å². The summed E-state index contributed by atoms with van der Waals surface area (Å²) in [7, 11) is 0. The van der Waals surface area contributed by atoms with Crippen molar-refractivity contribution >= 4 is 0 Å². The smallest absolute Gasteiger partial charge is 0.248 e. The van der Waals surface area contributed by atoms with Gasteiger partial charge >= 0.3 is 0 Å². The zero-order valence-corrected chi connectivity index (χ0v) is 7.15. The fraction of sp³-hybridized carbons (Fsp3) is 1.00. The van der Waals surface area contributed by atoms with Gasteiger partial charge in [-0.3, -0.25) is 0 Å². The maximum absolute atomic E-state index is 12.7. The highest BCUT2D eigenvalue weighted by molar-refractivity contribution is 4.88. The van der Waals surface area contributed by atoms with E-state index < -0.39 is 5.92 Å². The van der Waals surface area contributed by atoms with Crippen LogP contribution in [0.1, 0.15) is 38.5 Å².